The fourth-order valence-electron chi connectivity index (χ4n) is 4.76. The highest BCUT2D eigenvalue weighted by atomic mass is 16.5. The van der Waals surface area contributed by atoms with Gasteiger partial charge in [-0.3, -0.25) is 4.68 Å². The molecule has 186 valence electrons. The van der Waals surface area contributed by atoms with E-state index in [-0.39, 0.29) is 12.0 Å². The Morgan fingerprint density at radius 2 is 1.83 bits per heavy atom. The van der Waals surface area contributed by atoms with Gasteiger partial charge < -0.3 is 19.5 Å². The zero-order valence-corrected chi connectivity index (χ0v) is 20.3. The first-order valence-electron chi connectivity index (χ1n) is 12.2. The van der Waals surface area contributed by atoms with Crippen LogP contribution in [-0.2, 0) is 24.3 Å². The number of methoxy groups -OCH3 is 1. The monoisotopic (exact) mass is 486 g/mol. The van der Waals surface area contributed by atoms with Crippen LogP contribution in [0.4, 0.5) is 4.79 Å². The molecular weight excluding hydrogens is 456 g/mol. The van der Waals surface area contributed by atoms with Crippen molar-refractivity contribution in [2.75, 3.05) is 20.2 Å². The van der Waals surface area contributed by atoms with Gasteiger partial charge >= 0.3 is 6.09 Å². The van der Waals surface area contributed by atoms with Gasteiger partial charge in [0.25, 0.3) is 0 Å². The number of rotatable bonds is 8. The molecule has 2 atom stereocenters. The van der Waals surface area contributed by atoms with Crippen LogP contribution in [0.25, 0.3) is 10.8 Å². The summed E-state index contributed by atoms with van der Waals surface area (Å²) in [7, 11) is 1.66. The van der Waals surface area contributed by atoms with Crippen LogP contribution in [0, 0.1) is 0 Å². The number of benzene rings is 3. The van der Waals surface area contributed by atoms with E-state index in [1.807, 2.05) is 35.1 Å². The van der Waals surface area contributed by atoms with Gasteiger partial charge in [0.15, 0.2) is 0 Å². The number of carboxylic acid groups (broad SMARTS) is 1. The second kappa shape index (κ2) is 10.8. The van der Waals surface area contributed by atoms with E-state index in [1.54, 1.807) is 7.11 Å². The molecule has 1 saturated heterocycles. The number of hydrogen-bond acceptors (Lipinski definition) is 5. The minimum Gasteiger partial charge on any atom is -0.497 e. The quantitative estimate of drug-likeness (QED) is 0.387. The van der Waals surface area contributed by atoms with Gasteiger partial charge in [0.1, 0.15) is 5.75 Å². The molecule has 8 nitrogen and oxygen atoms in total. The number of carbonyl (C=O) groups is 1. The van der Waals surface area contributed by atoms with Crippen LogP contribution in [0.1, 0.15) is 29.2 Å². The number of hydrogen-bond donors (Lipinski definition) is 1. The lowest BCUT2D eigenvalue weighted by molar-refractivity contribution is -0.0208. The average Bonchev–Trinajstić information content (AvgIpc) is 3.39. The van der Waals surface area contributed by atoms with Crippen molar-refractivity contribution in [3.8, 4) is 5.75 Å². The van der Waals surface area contributed by atoms with Crippen LogP contribution < -0.4 is 4.74 Å². The number of nitrogens with zero attached hydrogens (tertiary/aromatic N) is 4. The smallest absolute Gasteiger partial charge is 0.407 e. The highest BCUT2D eigenvalue weighted by Crippen LogP contribution is 2.30. The summed E-state index contributed by atoms with van der Waals surface area (Å²) >= 11 is 0. The maximum absolute atomic E-state index is 11.7. The van der Waals surface area contributed by atoms with E-state index in [2.05, 4.69) is 52.8 Å². The van der Waals surface area contributed by atoms with E-state index in [0.717, 1.165) is 28.8 Å². The molecule has 1 N–H and O–H groups in total. The molecule has 1 aromatic heterocycles. The first kappa shape index (κ1) is 23.8. The number of aromatic nitrogens is 3. The Balaban J connectivity index is 1.26. The molecule has 2 heterocycles. The summed E-state index contributed by atoms with van der Waals surface area (Å²) in [5.74, 6) is 0.819. The molecule has 5 rings (SSSR count). The normalized spacial score (nSPS) is 17.9. The first-order valence-corrected chi connectivity index (χ1v) is 12.2. The molecule has 3 aromatic carbocycles. The predicted octanol–water partition coefficient (Wildman–Crippen LogP) is 4.74. The lowest BCUT2D eigenvalue weighted by Gasteiger charge is -2.36. The highest BCUT2D eigenvalue weighted by Gasteiger charge is 2.35. The van der Waals surface area contributed by atoms with Gasteiger partial charge in [-0.25, -0.2) is 4.79 Å². The zero-order chi connectivity index (χ0) is 24.9. The molecule has 0 radical (unpaired) electrons. The van der Waals surface area contributed by atoms with Crippen LogP contribution in [0.15, 0.2) is 72.9 Å². The molecule has 4 aromatic rings. The van der Waals surface area contributed by atoms with Crippen molar-refractivity contribution in [1.82, 2.24) is 19.9 Å². The van der Waals surface area contributed by atoms with Gasteiger partial charge in [0.2, 0.25) is 0 Å². The summed E-state index contributed by atoms with van der Waals surface area (Å²) in [5, 5.41) is 20.7. The summed E-state index contributed by atoms with van der Waals surface area (Å²) in [6.07, 6.45) is 2.22. The van der Waals surface area contributed by atoms with Crippen molar-refractivity contribution >= 4 is 16.9 Å². The molecule has 8 heteroatoms. The van der Waals surface area contributed by atoms with Gasteiger partial charge in [0, 0.05) is 25.2 Å². The van der Waals surface area contributed by atoms with Crippen LogP contribution in [0.5, 0.6) is 5.75 Å². The average molecular weight is 487 g/mol. The molecule has 0 spiro atoms. The van der Waals surface area contributed by atoms with Crippen LogP contribution >= 0.6 is 0 Å². The van der Waals surface area contributed by atoms with Gasteiger partial charge in [0.05, 0.1) is 32.1 Å². The van der Waals surface area contributed by atoms with Crippen molar-refractivity contribution in [2.45, 2.75) is 38.0 Å². The van der Waals surface area contributed by atoms with E-state index in [1.165, 1.54) is 15.8 Å². The molecule has 1 fully saturated rings. The predicted molar refractivity (Wildman–Crippen MR) is 136 cm³/mol. The topological polar surface area (TPSA) is 89.7 Å². The number of amides is 1. The number of aryl methyl sites for hydroxylation is 2. The fraction of sp³-hybridized carbons (Fsp3) is 0.321. The van der Waals surface area contributed by atoms with E-state index in [4.69, 9.17) is 9.47 Å². The van der Waals surface area contributed by atoms with Crippen LogP contribution in [0.2, 0.25) is 0 Å². The number of likely N-dealkylation sites (tertiary alicyclic amines) is 1. The number of fused-ring (bicyclic) bond motifs is 1. The minimum absolute atomic E-state index is 0.0178. The summed E-state index contributed by atoms with van der Waals surface area (Å²) in [6, 6.07) is 22.5. The summed E-state index contributed by atoms with van der Waals surface area (Å²) < 4.78 is 13.4. The van der Waals surface area contributed by atoms with Gasteiger partial charge in [-0.1, -0.05) is 53.7 Å². The molecule has 1 aliphatic rings. The molecule has 0 unspecified atom stereocenters. The molecule has 0 aliphatic carbocycles. The van der Waals surface area contributed by atoms with E-state index < -0.39 is 6.09 Å². The molecule has 1 aliphatic heterocycles. The summed E-state index contributed by atoms with van der Waals surface area (Å²) in [4.78, 5) is 13.1. The van der Waals surface area contributed by atoms with Crippen molar-refractivity contribution in [2.24, 2.45) is 0 Å². The van der Waals surface area contributed by atoms with Gasteiger partial charge in [-0.15, -0.1) is 5.10 Å². The maximum Gasteiger partial charge on any atom is 0.407 e. The Kier molecular flexibility index (Phi) is 7.13. The van der Waals surface area contributed by atoms with Crippen molar-refractivity contribution in [3.05, 3.63) is 89.7 Å². The lowest BCUT2D eigenvalue weighted by atomic mass is 9.91. The fourth-order valence-corrected chi connectivity index (χ4v) is 4.76. The Bertz CT molecular complexity index is 1320. The Morgan fingerprint density at radius 1 is 1.06 bits per heavy atom. The van der Waals surface area contributed by atoms with Crippen molar-refractivity contribution < 1.29 is 19.4 Å². The van der Waals surface area contributed by atoms with E-state index in [0.29, 0.717) is 32.7 Å². The third-order valence-corrected chi connectivity index (χ3v) is 6.83. The van der Waals surface area contributed by atoms with Crippen LogP contribution in [0.3, 0.4) is 0 Å². The second-order valence-corrected chi connectivity index (χ2v) is 9.16. The highest BCUT2D eigenvalue weighted by molar-refractivity contribution is 5.82. The molecule has 1 amide bonds. The molecular formula is C28H30N4O4. The van der Waals surface area contributed by atoms with E-state index >= 15 is 0 Å². The van der Waals surface area contributed by atoms with E-state index in [9.17, 15) is 9.90 Å². The second-order valence-electron chi connectivity index (χ2n) is 9.16. The summed E-state index contributed by atoms with van der Waals surface area (Å²) in [5.41, 5.74) is 3.10. The Morgan fingerprint density at radius 3 is 2.61 bits per heavy atom. The summed E-state index contributed by atoms with van der Waals surface area (Å²) in [6.45, 7) is 1.88. The Labute approximate surface area is 210 Å². The zero-order valence-electron chi connectivity index (χ0n) is 20.3. The van der Waals surface area contributed by atoms with Crippen LogP contribution in [-0.4, -0.2) is 57.4 Å². The Hall–Kier alpha value is -3.91. The lowest BCUT2D eigenvalue weighted by Crippen LogP contribution is -2.46. The third kappa shape index (κ3) is 5.49. The van der Waals surface area contributed by atoms with Crippen molar-refractivity contribution in [1.29, 1.82) is 0 Å². The third-order valence-electron chi connectivity index (χ3n) is 6.83. The number of piperidine rings is 1. The SMILES string of the molecule is COc1ccc(CCn2cc([C@H]3CCN(C(=O)O)C[C@@H]3OCc3ccc4ccccc4c3)nn2)cc1. The molecule has 0 saturated carbocycles. The largest absolute Gasteiger partial charge is 0.497 e. The first-order chi connectivity index (χ1) is 17.6. The maximum atomic E-state index is 11.7. The van der Waals surface area contributed by atoms with Gasteiger partial charge in [-0.2, -0.15) is 0 Å². The standard InChI is InChI=1S/C28H30N4O4/c1-35-24-10-7-20(8-11-24)12-15-32-17-26(29-30-32)25-13-14-31(28(33)34)18-27(25)36-19-21-6-9-22-4-2-3-5-23(22)16-21/h2-11,16-17,25,27H,12-15,18-19H2,1H3,(H,33,34)/t25-,27+/m1/s1. The molecule has 36 heavy (non-hydrogen) atoms. The number of ether oxygens (including phenoxy) is 2. The van der Waals surface area contributed by atoms with Crippen molar-refractivity contribution in [3.63, 3.8) is 0 Å². The van der Waals surface area contributed by atoms with Gasteiger partial charge in [-0.05, 0) is 52.9 Å². The minimum atomic E-state index is -0.920. The molecule has 0 bridgehead atoms.